The number of nitrogens with zero attached hydrogens (tertiary/aromatic N) is 1. The summed E-state index contributed by atoms with van der Waals surface area (Å²) in [6, 6.07) is 10.8. The van der Waals surface area contributed by atoms with Crippen LogP contribution in [0.3, 0.4) is 0 Å². The molecule has 0 radical (unpaired) electrons. The summed E-state index contributed by atoms with van der Waals surface area (Å²) >= 11 is 0. The number of amides is 2. The van der Waals surface area contributed by atoms with Gasteiger partial charge in [0.2, 0.25) is 12.7 Å². The van der Waals surface area contributed by atoms with E-state index < -0.39 is 11.8 Å². The van der Waals surface area contributed by atoms with E-state index in [4.69, 9.17) is 14.3 Å². The highest BCUT2D eigenvalue weighted by molar-refractivity contribution is 5.99. The maximum atomic E-state index is 12.8. The lowest BCUT2D eigenvalue weighted by Crippen LogP contribution is -2.43. The lowest BCUT2D eigenvalue weighted by molar-refractivity contribution is -0.131. The molecule has 2 amide bonds. The molecule has 0 bridgehead atoms. The van der Waals surface area contributed by atoms with Crippen LogP contribution in [0.25, 0.3) is 0 Å². The smallest absolute Gasteiger partial charge is 0.279 e. The summed E-state index contributed by atoms with van der Waals surface area (Å²) in [7, 11) is 0. The Kier molecular flexibility index (Phi) is 6.05. The van der Waals surface area contributed by atoms with Gasteiger partial charge in [-0.05, 0) is 42.8 Å². The second-order valence-electron chi connectivity index (χ2n) is 5.92. The third-order valence-electron chi connectivity index (χ3n) is 3.81. The number of halogens is 1. The maximum absolute atomic E-state index is 12.8. The van der Waals surface area contributed by atoms with Crippen LogP contribution in [0.1, 0.15) is 18.1 Å². The molecule has 2 aromatic carbocycles. The van der Waals surface area contributed by atoms with Gasteiger partial charge in [0.1, 0.15) is 5.82 Å². The highest BCUT2D eigenvalue weighted by atomic mass is 19.1. The molecular formula is C19H18FN3O5. The first-order valence-corrected chi connectivity index (χ1v) is 8.40. The molecule has 0 atom stereocenters. The molecular weight excluding hydrogens is 369 g/mol. The van der Waals surface area contributed by atoms with Crippen LogP contribution in [-0.2, 0) is 20.8 Å². The van der Waals surface area contributed by atoms with Crippen molar-refractivity contribution in [2.24, 2.45) is 5.16 Å². The second-order valence-corrected chi connectivity index (χ2v) is 5.92. The van der Waals surface area contributed by atoms with E-state index in [0.717, 1.165) is 5.56 Å². The summed E-state index contributed by atoms with van der Waals surface area (Å²) < 4.78 is 23.4. The minimum atomic E-state index is -0.574. The normalized spacial score (nSPS) is 12.4. The van der Waals surface area contributed by atoms with Gasteiger partial charge < -0.3 is 14.3 Å². The van der Waals surface area contributed by atoms with Crippen LogP contribution in [0.4, 0.5) is 4.39 Å². The number of nitrogens with one attached hydrogen (secondary N) is 2. The Labute approximate surface area is 160 Å². The Morgan fingerprint density at radius 1 is 1.07 bits per heavy atom. The zero-order chi connectivity index (χ0) is 19.9. The number of carbonyl (C=O) groups excluding carboxylic acids is 2. The third kappa shape index (κ3) is 5.19. The minimum Gasteiger partial charge on any atom is -0.454 e. The predicted octanol–water partition coefficient (Wildman–Crippen LogP) is 1.69. The number of ether oxygens (including phenoxy) is 2. The van der Waals surface area contributed by atoms with E-state index in [9.17, 15) is 14.0 Å². The van der Waals surface area contributed by atoms with Gasteiger partial charge in [-0.1, -0.05) is 17.3 Å². The molecule has 2 aromatic rings. The summed E-state index contributed by atoms with van der Waals surface area (Å²) in [4.78, 5) is 28.5. The van der Waals surface area contributed by atoms with E-state index in [-0.39, 0.29) is 25.6 Å². The molecule has 9 heteroatoms. The quantitative estimate of drug-likeness (QED) is 0.581. The molecule has 1 heterocycles. The molecule has 28 heavy (non-hydrogen) atoms. The first-order valence-electron chi connectivity index (χ1n) is 8.40. The zero-order valence-corrected chi connectivity index (χ0v) is 15.0. The Bertz CT molecular complexity index is 899. The molecule has 2 N–H and O–H groups in total. The molecule has 3 rings (SSSR count). The number of rotatable bonds is 6. The SMILES string of the molecule is C/C(=N/OCC(=O)NNC(=O)Cc1ccc(F)cc1)c1ccc2c(c1)OCO2. The lowest BCUT2D eigenvalue weighted by atomic mass is 10.1. The van der Waals surface area contributed by atoms with Crippen molar-refractivity contribution < 1.29 is 28.3 Å². The van der Waals surface area contributed by atoms with E-state index in [1.54, 1.807) is 25.1 Å². The fourth-order valence-electron chi connectivity index (χ4n) is 2.37. The number of hydrogen-bond donors (Lipinski definition) is 2. The van der Waals surface area contributed by atoms with E-state index in [0.29, 0.717) is 22.8 Å². The van der Waals surface area contributed by atoms with Gasteiger partial charge in [0.15, 0.2) is 18.1 Å². The topological polar surface area (TPSA) is 98.2 Å². The van der Waals surface area contributed by atoms with Gasteiger partial charge in [-0.2, -0.15) is 0 Å². The molecule has 146 valence electrons. The molecule has 0 spiro atoms. The monoisotopic (exact) mass is 387 g/mol. The van der Waals surface area contributed by atoms with Crippen LogP contribution in [0.2, 0.25) is 0 Å². The van der Waals surface area contributed by atoms with Crippen molar-refractivity contribution in [3.63, 3.8) is 0 Å². The van der Waals surface area contributed by atoms with Gasteiger partial charge in [-0.3, -0.25) is 20.4 Å². The number of oxime groups is 1. The van der Waals surface area contributed by atoms with Crippen LogP contribution >= 0.6 is 0 Å². The minimum absolute atomic E-state index is 0.00277. The van der Waals surface area contributed by atoms with E-state index in [1.807, 2.05) is 0 Å². The Morgan fingerprint density at radius 3 is 2.57 bits per heavy atom. The van der Waals surface area contributed by atoms with Crippen molar-refractivity contribution in [1.82, 2.24) is 10.9 Å². The van der Waals surface area contributed by atoms with Crippen molar-refractivity contribution >= 4 is 17.5 Å². The van der Waals surface area contributed by atoms with Gasteiger partial charge in [-0.25, -0.2) is 4.39 Å². The fraction of sp³-hybridized carbons (Fsp3) is 0.211. The molecule has 0 saturated heterocycles. The fourth-order valence-corrected chi connectivity index (χ4v) is 2.37. The molecule has 8 nitrogen and oxygen atoms in total. The van der Waals surface area contributed by atoms with Crippen molar-refractivity contribution in [3.8, 4) is 11.5 Å². The summed E-state index contributed by atoms with van der Waals surface area (Å²) in [6.07, 6.45) is 0.00277. The molecule has 0 fully saturated rings. The van der Waals surface area contributed by atoms with Crippen LogP contribution < -0.4 is 20.3 Å². The molecule has 1 aliphatic heterocycles. The number of hydrogen-bond acceptors (Lipinski definition) is 6. The van der Waals surface area contributed by atoms with Crippen molar-refractivity contribution in [2.75, 3.05) is 13.4 Å². The number of carbonyl (C=O) groups is 2. The molecule has 1 aliphatic rings. The summed E-state index contributed by atoms with van der Waals surface area (Å²) in [5, 5.41) is 3.87. The van der Waals surface area contributed by atoms with Crippen LogP contribution in [0, 0.1) is 5.82 Å². The van der Waals surface area contributed by atoms with Crippen LogP contribution in [0.15, 0.2) is 47.6 Å². The number of fused-ring (bicyclic) bond motifs is 1. The zero-order valence-electron chi connectivity index (χ0n) is 15.0. The average molecular weight is 387 g/mol. The second kappa shape index (κ2) is 8.85. The van der Waals surface area contributed by atoms with Crippen LogP contribution in [0.5, 0.6) is 11.5 Å². The molecule has 0 saturated carbocycles. The van der Waals surface area contributed by atoms with E-state index >= 15 is 0 Å². The Morgan fingerprint density at radius 2 is 1.79 bits per heavy atom. The first-order chi connectivity index (χ1) is 13.5. The highest BCUT2D eigenvalue weighted by Crippen LogP contribution is 2.32. The lowest BCUT2D eigenvalue weighted by Gasteiger charge is -2.07. The van der Waals surface area contributed by atoms with Crippen molar-refractivity contribution in [2.45, 2.75) is 13.3 Å². The van der Waals surface area contributed by atoms with Gasteiger partial charge in [0, 0.05) is 5.56 Å². The average Bonchev–Trinajstić information content (AvgIpc) is 3.16. The Balaban J connectivity index is 1.40. The van der Waals surface area contributed by atoms with Gasteiger partial charge >= 0.3 is 0 Å². The van der Waals surface area contributed by atoms with Gasteiger partial charge in [0.05, 0.1) is 12.1 Å². The first kappa shape index (κ1) is 19.2. The Hall–Kier alpha value is -3.62. The van der Waals surface area contributed by atoms with Gasteiger partial charge in [-0.15, -0.1) is 0 Å². The van der Waals surface area contributed by atoms with Crippen molar-refractivity contribution in [1.29, 1.82) is 0 Å². The maximum Gasteiger partial charge on any atom is 0.279 e. The predicted molar refractivity (Wildman–Crippen MR) is 97.1 cm³/mol. The van der Waals surface area contributed by atoms with Gasteiger partial charge in [0.25, 0.3) is 5.91 Å². The van der Waals surface area contributed by atoms with Crippen LogP contribution in [-0.4, -0.2) is 30.9 Å². The third-order valence-corrected chi connectivity index (χ3v) is 3.81. The largest absolute Gasteiger partial charge is 0.454 e. The highest BCUT2D eigenvalue weighted by Gasteiger charge is 2.14. The molecule has 0 unspecified atom stereocenters. The summed E-state index contributed by atoms with van der Waals surface area (Å²) in [5.74, 6) is -0.122. The standard InChI is InChI=1S/C19H18FN3O5/c1-12(14-4-7-16-17(9-14)27-11-26-16)23-28-10-19(25)22-21-18(24)8-13-2-5-15(20)6-3-13/h2-7,9H,8,10-11H2,1H3,(H,21,24)(H,22,25)/b23-12-. The molecule has 0 aromatic heterocycles. The molecule has 0 aliphatic carbocycles. The summed E-state index contributed by atoms with van der Waals surface area (Å²) in [6.45, 7) is 1.52. The number of benzene rings is 2. The van der Waals surface area contributed by atoms with E-state index in [1.165, 1.54) is 24.3 Å². The van der Waals surface area contributed by atoms with Crippen molar-refractivity contribution in [3.05, 3.63) is 59.4 Å². The number of hydrazine groups is 1. The summed E-state index contributed by atoms with van der Waals surface area (Å²) in [5.41, 5.74) is 6.40. The van der Waals surface area contributed by atoms with E-state index in [2.05, 4.69) is 16.0 Å².